The van der Waals surface area contributed by atoms with Crippen molar-refractivity contribution in [2.45, 2.75) is 32.6 Å². The standard InChI is InChI=1S/C21H25N3O3/c1-5-16(25)12(2)18-15(20(22-3)24-21(26)13-9-10-13)11-14-7-6-8-17(27-4)19(14)23-18/h6-8,13,23H,2,5,9-11H2,1,3-4H3,(H,22,24,26). The first-order chi connectivity index (χ1) is 13.0. The number of rotatable bonds is 6. The average molecular weight is 367 g/mol. The number of hydrogen-bond donors (Lipinski definition) is 2. The summed E-state index contributed by atoms with van der Waals surface area (Å²) in [6.07, 6.45) is 2.69. The first-order valence-corrected chi connectivity index (χ1v) is 9.16. The molecule has 3 rings (SSSR count). The Kier molecular flexibility index (Phi) is 5.44. The number of nitrogens with one attached hydrogen (secondary N) is 2. The highest BCUT2D eigenvalue weighted by Gasteiger charge is 2.32. The maximum absolute atomic E-state index is 12.3. The van der Waals surface area contributed by atoms with Gasteiger partial charge in [0.15, 0.2) is 5.78 Å². The Labute approximate surface area is 159 Å². The molecule has 2 aliphatic rings. The smallest absolute Gasteiger partial charge is 0.228 e. The van der Waals surface area contributed by atoms with E-state index in [0.29, 0.717) is 35.7 Å². The summed E-state index contributed by atoms with van der Waals surface area (Å²) in [6.45, 7) is 5.79. The van der Waals surface area contributed by atoms with Gasteiger partial charge in [0, 0.05) is 37.0 Å². The van der Waals surface area contributed by atoms with E-state index in [1.54, 1.807) is 21.1 Å². The van der Waals surface area contributed by atoms with Gasteiger partial charge in [-0.05, 0) is 24.5 Å². The molecule has 1 amide bonds. The Morgan fingerprint density at radius 1 is 1.37 bits per heavy atom. The molecule has 142 valence electrons. The van der Waals surface area contributed by atoms with Gasteiger partial charge in [-0.25, -0.2) is 0 Å². The van der Waals surface area contributed by atoms with E-state index < -0.39 is 0 Å². The summed E-state index contributed by atoms with van der Waals surface area (Å²) in [6, 6.07) is 5.77. The molecule has 0 atom stereocenters. The van der Waals surface area contributed by atoms with Crippen LogP contribution in [0.2, 0.25) is 0 Å². The zero-order valence-corrected chi connectivity index (χ0v) is 16.0. The molecule has 1 saturated carbocycles. The Balaban J connectivity index is 2.03. The number of Topliss-reactive ketones (excluding diaryl/α,β-unsaturated/α-hetero) is 1. The number of hydrogen-bond acceptors (Lipinski definition) is 5. The van der Waals surface area contributed by atoms with Crippen LogP contribution in [0.5, 0.6) is 5.75 Å². The fourth-order valence-electron chi connectivity index (χ4n) is 3.16. The molecule has 0 saturated heterocycles. The normalized spacial score (nSPS) is 16.3. The van der Waals surface area contributed by atoms with E-state index >= 15 is 0 Å². The molecule has 1 aliphatic heterocycles. The molecule has 6 heteroatoms. The molecule has 6 nitrogen and oxygen atoms in total. The largest absolute Gasteiger partial charge is 0.495 e. The summed E-state index contributed by atoms with van der Waals surface area (Å²) in [4.78, 5) is 28.9. The zero-order chi connectivity index (χ0) is 19.6. The molecule has 1 heterocycles. The average Bonchev–Trinajstić information content (AvgIpc) is 3.54. The van der Waals surface area contributed by atoms with Crippen LogP contribution in [-0.4, -0.2) is 31.7 Å². The zero-order valence-electron chi connectivity index (χ0n) is 16.0. The molecule has 0 unspecified atom stereocenters. The number of ether oxygens (including phenoxy) is 1. The third-order valence-corrected chi connectivity index (χ3v) is 4.91. The van der Waals surface area contributed by atoms with Crippen LogP contribution in [-0.2, 0) is 16.0 Å². The number of ketones is 1. The van der Waals surface area contributed by atoms with Crippen LogP contribution in [0, 0.1) is 5.92 Å². The summed E-state index contributed by atoms with van der Waals surface area (Å²) in [7, 11) is 3.25. The van der Waals surface area contributed by atoms with E-state index in [1.807, 2.05) is 18.2 Å². The van der Waals surface area contributed by atoms with Gasteiger partial charge in [0.25, 0.3) is 0 Å². The Bertz CT molecular complexity index is 863. The first-order valence-electron chi connectivity index (χ1n) is 9.16. The number of methoxy groups -OCH3 is 1. The maximum atomic E-state index is 12.3. The minimum Gasteiger partial charge on any atom is -0.495 e. The number of para-hydroxylation sites is 1. The highest BCUT2D eigenvalue weighted by molar-refractivity contribution is 6.12. The Morgan fingerprint density at radius 3 is 2.70 bits per heavy atom. The van der Waals surface area contributed by atoms with Gasteiger partial charge in [-0.2, -0.15) is 0 Å². The predicted octanol–water partition coefficient (Wildman–Crippen LogP) is 3.01. The van der Waals surface area contributed by atoms with Gasteiger partial charge in [-0.3, -0.25) is 14.6 Å². The van der Waals surface area contributed by atoms with Gasteiger partial charge in [-0.15, -0.1) is 0 Å². The third kappa shape index (κ3) is 3.79. The first kappa shape index (κ1) is 18.9. The predicted molar refractivity (Wildman–Crippen MR) is 106 cm³/mol. The van der Waals surface area contributed by atoms with Crippen molar-refractivity contribution >= 4 is 23.2 Å². The lowest BCUT2D eigenvalue weighted by Gasteiger charge is -2.27. The summed E-state index contributed by atoms with van der Waals surface area (Å²) < 4.78 is 5.45. The molecule has 27 heavy (non-hydrogen) atoms. The van der Waals surface area contributed by atoms with Gasteiger partial charge >= 0.3 is 0 Å². The Hall–Kier alpha value is -2.89. The monoisotopic (exact) mass is 367 g/mol. The number of carbonyl (C=O) groups is 2. The lowest BCUT2D eigenvalue weighted by atomic mass is 9.91. The number of amides is 1. The summed E-state index contributed by atoms with van der Waals surface area (Å²) in [5, 5.41) is 6.25. The number of anilines is 1. The topological polar surface area (TPSA) is 79.8 Å². The van der Waals surface area contributed by atoms with Crippen molar-refractivity contribution in [2.24, 2.45) is 10.9 Å². The van der Waals surface area contributed by atoms with Crippen molar-refractivity contribution < 1.29 is 14.3 Å². The van der Waals surface area contributed by atoms with Crippen LogP contribution in [0.15, 0.2) is 46.6 Å². The molecule has 0 bridgehead atoms. The number of fused-ring (bicyclic) bond motifs is 1. The molecule has 1 aromatic carbocycles. The van der Waals surface area contributed by atoms with Crippen LogP contribution in [0.3, 0.4) is 0 Å². The lowest BCUT2D eigenvalue weighted by molar-refractivity contribution is -0.120. The minimum atomic E-state index is -0.0580. The fourth-order valence-corrected chi connectivity index (χ4v) is 3.16. The van der Waals surface area contributed by atoms with E-state index in [2.05, 4.69) is 22.2 Å². The van der Waals surface area contributed by atoms with E-state index in [9.17, 15) is 9.59 Å². The molecule has 1 aliphatic carbocycles. The van der Waals surface area contributed by atoms with Crippen molar-refractivity contribution in [3.63, 3.8) is 0 Å². The second-order valence-corrected chi connectivity index (χ2v) is 6.74. The highest BCUT2D eigenvalue weighted by Crippen LogP contribution is 2.37. The van der Waals surface area contributed by atoms with Gasteiger partial charge in [-0.1, -0.05) is 25.6 Å². The van der Waals surface area contributed by atoms with Crippen molar-refractivity contribution in [2.75, 3.05) is 19.5 Å². The summed E-state index contributed by atoms with van der Waals surface area (Å²) in [5.74, 6) is 1.16. The van der Waals surface area contributed by atoms with Crippen LogP contribution in [0.1, 0.15) is 31.7 Å². The molecule has 0 aromatic heterocycles. The molecule has 2 N–H and O–H groups in total. The van der Waals surface area contributed by atoms with Crippen LogP contribution >= 0.6 is 0 Å². The van der Waals surface area contributed by atoms with E-state index in [4.69, 9.17) is 4.74 Å². The van der Waals surface area contributed by atoms with Crippen molar-refractivity contribution in [3.05, 3.63) is 47.2 Å². The number of carbonyl (C=O) groups excluding carboxylic acids is 2. The summed E-state index contributed by atoms with van der Waals surface area (Å²) in [5.41, 5.74) is 3.56. The number of aliphatic imine (C=N–C) groups is 1. The lowest BCUT2D eigenvalue weighted by Crippen LogP contribution is -2.36. The Morgan fingerprint density at radius 2 is 2.11 bits per heavy atom. The van der Waals surface area contributed by atoms with Gasteiger partial charge in [0.1, 0.15) is 11.6 Å². The third-order valence-electron chi connectivity index (χ3n) is 4.91. The number of nitrogens with zero attached hydrogens (tertiary/aromatic N) is 1. The molecule has 0 radical (unpaired) electrons. The van der Waals surface area contributed by atoms with Gasteiger partial charge < -0.3 is 15.4 Å². The summed E-state index contributed by atoms with van der Waals surface area (Å²) >= 11 is 0. The van der Waals surface area contributed by atoms with E-state index in [1.165, 1.54) is 0 Å². The van der Waals surface area contributed by atoms with Crippen molar-refractivity contribution in [1.29, 1.82) is 0 Å². The molecular formula is C21H25N3O3. The van der Waals surface area contributed by atoms with Crippen LogP contribution in [0.25, 0.3) is 0 Å². The van der Waals surface area contributed by atoms with Crippen molar-refractivity contribution in [1.82, 2.24) is 5.32 Å². The number of allylic oxidation sites excluding steroid dienone is 1. The van der Waals surface area contributed by atoms with Gasteiger partial charge in [0.2, 0.25) is 5.91 Å². The quantitative estimate of drug-likeness (QED) is 0.460. The molecule has 1 fully saturated rings. The van der Waals surface area contributed by atoms with Gasteiger partial charge in [0.05, 0.1) is 18.5 Å². The highest BCUT2D eigenvalue weighted by atomic mass is 16.5. The van der Waals surface area contributed by atoms with Crippen LogP contribution in [0.4, 0.5) is 5.69 Å². The number of benzene rings is 1. The van der Waals surface area contributed by atoms with E-state index in [0.717, 1.165) is 29.7 Å². The SMILES string of the molecule is C=C(C(=O)CC)C1=C(C(=NC)NC(=O)C2CC2)Cc2cccc(OC)c2N1. The van der Waals surface area contributed by atoms with Crippen LogP contribution < -0.4 is 15.4 Å². The molecule has 1 aromatic rings. The maximum Gasteiger partial charge on any atom is 0.228 e. The molecular weight excluding hydrogens is 342 g/mol. The molecule has 0 spiro atoms. The number of amidine groups is 1. The van der Waals surface area contributed by atoms with E-state index in [-0.39, 0.29) is 17.6 Å². The second kappa shape index (κ2) is 7.78. The fraction of sp³-hybridized carbons (Fsp3) is 0.381. The second-order valence-electron chi connectivity index (χ2n) is 6.74. The minimum absolute atomic E-state index is 0.0219. The van der Waals surface area contributed by atoms with Crippen molar-refractivity contribution in [3.8, 4) is 5.75 Å².